The highest BCUT2D eigenvalue weighted by Gasteiger charge is 2.32. The number of piperidine rings is 1. The zero-order valence-corrected chi connectivity index (χ0v) is 18.9. The summed E-state index contributed by atoms with van der Waals surface area (Å²) < 4.78 is 8.35. The van der Waals surface area contributed by atoms with E-state index in [1.165, 1.54) is 6.42 Å². The van der Waals surface area contributed by atoms with Crippen LogP contribution in [0.4, 0.5) is 11.6 Å². The Labute approximate surface area is 188 Å². The molecule has 2 aromatic heterocycles. The molecule has 2 saturated heterocycles. The summed E-state index contributed by atoms with van der Waals surface area (Å²) in [5.74, 6) is 4.67. The third-order valence-corrected chi connectivity index (χ3v) is 6.98. The maximum absolute atomic E-state index is 6.00. The smallest absolute Gasteiger partial charge is 0.172 e. The van der Waals surface area contributed by atoms with Crippen LogP contribution in [0.1, 0.15) is 50.7 Å². The van der Waals surface area contributed by atoms with Gasteiger partial charge >= 0.3 is 0 Å². The predicted octanol–water partition coefficient (Wildman–Crippen LogP) is 3.17. The van der Waals surface area contributed by atoms with Crippen LogP contribution in [-0.4, -0.2) is 63.1 Å². The van der Waals surface area contributed by atoms with Gasteiger partial charge in [-0.3, -0.25) is 0 Å². The van der Waals surface area contributed by atoms with E-state index in [1.54, 1.807) is 0 Å². The molecule has 5 heterocycles. The number of morpholine rings is 1. The van der Waals surface area contributed by atoms with Crippen molar-refractivity contribution in [3.63, 3.8) is 0 Å². The first-order chi connectivity index (χ1) is 15.7. The lowest BCUT2D eigenvalue weighted by atomic mass is 9.97. The van der Waals surface area contributed by atoms with Crippen molar-refractivity contribution in [1.82, 2.24) is 24.7 Å². The summed E-state index contributed by atoms with van der Waals surface area (Å²) in [6.07, 6.45) is 4.85. The van der Waals surface area contributed by atoms with E-state index >= 15 is 0 Å². The van der Waals surface area contributed by atoms with E-state index < -0.39 is 0 Å². The molecule has 0 saturated carbocycles. The molecule has 3 aliphatic heterocycles. The molecule has 0 radical (unpaired) electrons. The maximum atomic E-state index is 6.00. The molecular formula is C24H31N7O. The Morgan fingerprint density at radius 3 is 2.31 bits per heavy atom. The number of aromatic nitrogens is 5. The van der Waals surface area contributed by atoms with Crippen molar-refractivity contribution in [2.45, 2.75) is 64.2 Å². The van der Waals surface area contributed by atoms with Gasteiger partial charge in [0.05, 0.1) is 23.2 Å². The molecule has 0 amide bonds. The average Bonchev–Trinajstić information content (AvgIpc) is 3.42. The molecule has 0 aliphatic carbocycles. The third kappa shape index (κ3) is 3.50. The van der Waals surface area contributed by atoms with Gasteiger partial charge in [-0.05, 0) is 45.2 Å². The molecule has 3 unspecified atom stereocenters. The summed E-state index contributed by atoms with van der Waals surface area (Å²) in [6.45, 7) is 8.90. The highest BCUT2D eigenvalue weighted by molar-refractivity contribution is 5.81. The second kappa shape index (κ2) is 7.99. The minimum atomic E-state index is 0.174. The minimum Gasteiger partial charge on any atom is -0.372 e. The van der Waals surface area contributed by atoms with E-state index in [9.17, 15) is 0 Å². The molecule has 0 N–H and O–H groups in total. The Bertz CT molecular complexity index is 1120. The van der Waals surface area contributed by atoms with Crippen LogP contribution in [0.15, 0.2) is 24.3 Å². The topological polar surface area (TPSA) is 72.2 Å². The Morgan fingerprint density at radius 1 is 0.844 bits per heavy atom. The molecule has 32 heavy (non-hydrogen) atoms. The molecule has 3 atom stereocenters. The number of aryl methyl sites for hydroxylation is 1. The number of anilines is 2. The van der Waals surface area contributed by atoms with Crippen LogP contribution in [0.2, 0.25) is 0 Å². The number of benzene rings is 1. The van der Waals surface area contributed by atoms with Crippen LogP contribution in [0.5, 0.6) is 0 Å². The van der Waals surface area contributed by atoms with Crippen molar-refractivity contribution < 1.29 is 4.74 Å². The molecule has 3 aliphatic rings. The average molecular weight is 434 g/mol. The lowest BCUT2D eigenvalue weighted by Crippen LogP contribution is -2.47. The molecular weight excluding hydrogens is 402 g/mol. The molecule has 6 rings (SSSR count). The summed E-state index contributed by atoms with van der Waals surface area (Å²) in [5, 5.41) is 9.06. The van der Waals surface area contributed by atoms with E-state index in [0.717, 1.165) is 86.3 Å². The zero-order valence-electron chi connectivity index (χ0n) is 18.9. The van der Waals surface area contributed by atoms with Gasteiger partial charge in [0.1, 0.15) is 11.6 Å². The number of nitrogens with zero attached hydrogens (tertiary/aromatic N) is 7. The fraction of sp³-hybridized carbons (Fsp3) is 0.583. The van der Waals surface area contributed by atoms with Gasteiger partial charge in [-0.25, -0.2) is 9.97 Å². The zero-order chi connectivity index (χ0) is 21.7. The quantitative estimate of drug-likeness (QED) is 0.628. The van der Waals surface area contributed by atoms with Crippen molar-refractivity contribution in [2.24, 2.45) is 0 Å². The van der Waals surface area contributed by atoms with Gasteiger partial charge in [-0.1, -0.05) is 12.1 Å². The molecule has 0 bridgehead atoms. The van der Waals surface area contributed by atoms with Crippen LogP contribution >= 0.6 is 0 Å². The van der Waals surface area contributed by atoms with Gasteiger partial charge in [-0.15, -0.1) is 10.2 Å². The van der Waals surface area contributed by atoms with E-state index in [4.69, 9.17) is 14.7 Å². The summed E-state index contributed by atoms with van der Waals surface area (Å²) in [7, 11) is 0. The second-order valence-corrected chi connectivity index (χ2v) is 9.54. The molecule has 1 aromatic carbocycles. The Hall–Kier alpha value is -2.74. The molecule has 3 aromatic rings. The first-order valence-electron chi connectivity index (χ1n) is 12.0. The van der Waals surface area contributed by atoms with Gasteiger partial charge in [0.15, 0.2) is 11.6 Å². The number of hydrogen-bond acceptors (Lipinski definition) is 7. The monoisotopic (exact) mass is 433 g/mol. The maximum Gasteiger partial charge on any atom is 0.172 e. The predicted molar refractivity (Wildman–Crippen MR) is 124 cm³/mol. The van der Waals surface area contributed by atoms with Gasteiger partial charge in [0, 0.05) is 45.1 Å². The first kappa shape index (κ1) is 19.9. The van der Waals surface area contributed by atoms with E-state index in [-0.39, 0.29) is 12.2 Å². The number of hydrogen-bond donors (Lipinski definition) is 0. The minimum absolute atomic E-state index is 0.174. The van der Waals surface area contributed by atoms with E-state index in [1.807, 2.05) is 12.1 Å². The van der Waals surface area contributed by atoms with Crippen LogP contribution in [0.25, 0.3) is 11.0 Å². The molecule has 8 nitrogen and oxygen atoms in total. The second-order valence-electron chi connectivity index (χ2n) is 9.54. The lowest BCUT2D eigenvalue weighted by Gasteiger charge is -2.39. The number of para-hydroxylation sites is 2. The highest BCUT2D eigenvalue weighted by atomic mass is 16.5. The van der Waals surface area contributed by atoms with Crippen LogP contribution in [0, 0.1) is 0 Å². The van der Waals surface area contributed by atoms with Crippen molar-refractivity contribution in [1.29, 1.82) is 0 Å². The number of ether oxygens (including phenoxy) is 1. The van der Waals surface area contributed by atoms with Gasteiger partial charge in [0.2, 0.25) is 0 Å². The third-order valence-electron chi connectivity index (χ3n) is 6.98. The highest BCUT2D eigenvalue weighted by Crippen LogP contribution is 2.35. The van der Waals surface area contributed by atoms with Crippen molar-refractivity contribution >= 4 is 22.7 Å². The van der Waals surface area contributed by atoms with Crippen LogP contribution in [0.3, 0.4) is 0 Å². The summed E-state index contributed by atoms with van der Waals surface area (Å²) in [4.78, 5) is 15.1. The number of fused-ring (bicyclic) bond motifs is 2. The van der Waals surface area contributed by atoms with Crippen molar-refractivity contribution in [3.8, 4) is 0 Å². The molecule has 0 spiro atoms. The normalized spacial score (nSPS) is 26.0. The van der Waals surface area contributed by atoms with Gasteiger partial charge < -0.3 is 19.1 Å². The standard InChI is InChI=1S/C24H31N7O/c1-16-13-30(14-17(2)32-16)24-23(25-19-8-3-4-9-20(19)26-24)29-11-5-7-18(15-29)22-28-27-21-10-6-12-31(21)22/h3-4,8-9,16-18H,5-7,10-15H2,1-2H3. The summed E-state index contributed by atoms with van der Waals surface area (Å²) >= 11 is 0. The lowest BCUT2D eigenvalue weighted by molar-refractivity contribution is -0.00543. The van der Waals surface area contributed by atoms with E-state index in [2.05, 4.69) is 50.5 Å². The van der Waals surface area contributed by atoms with Crippen molar-refractivity contribution in [2.75, 3.05) is 36.0 Å². The Morgan fingerprint density at radius 2 is 1.56 bits per heavy atom. The fourth-order valence-electron chi connectivity index (χ4n) is 5.61. The van der Waals surface area contributed by atoms with Crippen LogP contribution in [-0.2, 0) is 17.7 Å². The van der Waals surface area contributed by atoms with Crippen molar-refractivity contribution in [3.05, 3.63) is 35.9 Å². The Balaban J connectivity index is 1.37. The summed E-state index contributed by atoms with van der Waals surface area (Å²) in [6, 6.07) is 8.19. The SMILES string of the molecule is CC1CN(c2nc3ccccc3nc2N2CCCC(c3nnc4n3CCC4)C2)CC(C)O1. The number of rotatable bonds is 3. The van der Waals surface area contributed by atoms with Crippen LogP contribution < -0.4 is 9.80 Å². The van der Waals surface area contributed by atoms with Gasteiger partial charge in [0.25, 0.3) is 0 Å². The molecule has 8 heteroatoms. The van der Waals surface area contributed by atoms with E-state index in [0.29, 0.717) is 5.92 Å². The largest absolute Gasteiger partial charge is 0.372 e. The fourth-order valence-corrected chi connectivity index (χ4v) is 5.61. The molecule has 2 fully saturated rings. The molecule has 168 valence electrons. The first-order valence-corrected chi connectivity index (χ1v) is 12.0. The summed E-state index contributed by atoms with van der Waals surface area (Å²) in [5.41, 5.74) is 1.90. The van der Waals surface area contributed by atoms with Gasteiger partial charge in [-0.2, -0.15) is 0 Å². The Kier molecular flexibility index (Phi) is 4.97.